The van der Waals surface area contributed by atoms with Crippen LogP contribution in [0.5, 0.6) is 0 Å². The Morgan fingerprint density at radius 2 is 2.03 bits per heavy atom. The monoisotopic (exact) mass is 552 g/mol. The molecular weight excluding hydrogens is 520 g/mol. The fourth-order valence-corrected chi connectivity index (χ4v) is 4.20. The van der Waals surface area contributed by atoms with Gasteiger partial charge in [0.1, 0.15) is 6.29 Å². The lowest BCUT2D eigenvalue weighted by atomic mass is 9.90. The number of methoxy groups -OCH3 is 1. The summed E-state index contributed by atoms with van der Waals surface area (Å²) in [7, 11) is 3.51. The minimum Gasteiger partial charge on any atom is -0.396 e. The van der Waals surface area contributed by atoms with E-state index in [0.717, 1.165) is 5.56 Å². The zero-order valence-electron chi connectivity index (χ0n) is 21.9. The molecule has 10 nitrogen and oxygen atoms in total. The number of hydrogen-bond acceptors (Lipinski definition) is 9. The molecule has 2 heterocycles. The van der Waals surface area contributed by atoms with Crippen molar-refractivity contribution in [2.75, 3.05) is 51.1 Å². The number of ether oxygens (including phenoxy) is 1. The Kier molecular flexibility index (Phi) is 11.4. The summed E-state index contributed by atoms with van der Waals surface area (Å²) in [5.74, 6) is 0.506. The van der Waals surface area contributed by atoms with E-state index in [1.165, 1.54) is 5.57 Å². The molecule has 39 heavy (non-hydrogen) atoms. The summed E-state index contributed by atoms with van der Waals surface area (Å²) < 4.78 is 4.88. The summed E-state index contributed by atoms with van der Waals surface area (Å²) >= 11 is 6.40. The molecule has 1 aliphatic heterocycles. The molecule has 11 heteroatoms. The molecule has 0 bridgehead atoms. The van der Waals surface area contributed by atoms with Crippen molar-refractivity contribution in [2.45, 2.75) is 6.04 Å². The number of hydroxylamine groups is 1. The van der Waals surface area contributed by atoms with Crippen LogP contribution in [-0.4, -0.2) is 69.9 Å². The van der Waals surface area contributed by atoms with Gasteiger partial charge >= 0.3 is 0 Å². The Bertz CT molecular complexity index is 1280. The first-order chi connectivity index (χ1) is 18.9. The number of benzene rings is 1. The van der Waals surface area contributed by atoms with Crippen molar-refractivity contribution in [3.8, 4) is 11.3 Å². The van der Waals surface area contributed by atoms with E-state index in [-0.39, 0.29) is 25.1 Å². The molecule has 5 N–H and O–H groups in total. The van der Waals surface area contributed by atoms with Gasteiger partial charge in [0.2, 0.25) is 0 Å². The number of nitrogens with two attached hydrogens (primary N) is 2. The molecule has 0 fully saturated rings. The van der Waals surface area contributed by atoms with Gasteiger partial charge in [-0.1, -0.05) is 42.0 Å². The highest BCUT2D eigenvalue weighted by atomic mass is 35.5. The highest BCUT2D eigenvalue weighted by molar-refractivity contribution is 6.34. The Balaban J connectivity index is 0.000000983. The number of aliphatic imine (C=N–C) groups is 1. The Hall–Kier alpha value is -3.83. The summed E-state index contributed by atoms with van der Waals surface area (Å²) in [6, 6.07) is 8.97. The molecule has 4 rings (SSSR count). The maximum atomic E-state index is 12.3. The number of pyridine rings is 1. The third-order valence-corrected chi connectivity index (χ3v) is 6.15. The third kappa shape index (κ3) is 8.33. The number of allylic oxidation sites excluding steroid dienone is 1. The zero-order chi connectivity index (χ0) is 28.2. The average molecular weight is 553 g/mol. The highest BCUT2D eigenvalue weighted by Crippen LogP contribution is 2.30. The molecule has 0 saturated carbocycles. The number of nitrogens with zero attached hydrogens (tertiary/aromatic N) is 3. The first-order valence-electron chi connectivity index (χ1n) is 12.3. The predicted molar refractivity (Wildman–Crippen MR) is 155 cm³/mol. The van der Waals surface area contributed by atoms with Gasteiger partial charge in [0.15, 0.2) is 5.82 Å². The van der Waals surface area contributed by atoms with Gasteiger partial charge in [-0.2, -0.15) is 0 Å². The van der Waals surface area contributed by atoms with Crippen molar-refractivity contribution in [3.05, 3.63) is 76.9 Å². The van der Waals surface area contributed by atoms with E-state index in [2.05, 4.69) is 40.5 Å². The first-order valence-corrected chi connectivity index (χ1v) is 12.7. The standard InChI is InChI=1S/C26H28ClN5O3.C2H5NO/c1-32(16-17-5-9-23-18(14-17)4-3-11-29-23)25-22(28)8-10-24(30-25)19-6-7-20(21(27)15-19)26(33)31-35-13-12-34-2;3-1-2-4/h3-11,14-15,18,23H,12-13,16,28H2,1-2H3,(H,31,33);2H,1,3H2. The van der Waals surface area contributed by atoms with Crippen LogP contribution in [0.4, 0.5) is 11.5 Å². The smallest absolute Gasteiger partial charge is 0.276 e. The molecule has 2 atom stereocenters. The second-order valence-corrected chi connectivity index (χ2v) is 9.09. The van der Waals surface area contributed by atoms with Crippen molar-refractivity contribution in [3.63, 3.8) is 0 Å². The molecule has 2 aromatic rings. The number of aldehydes is 1. The molecule has 1 amide bonds. The van der Waals surface area contributed by atoms with Crippen LogP contribution in [0.25, 0.3) is 11.3 Å². The minimum absolute atomic E-state index is 0.139. The average Bonchev–Trinajstić information content (AvgIpc) is 2.95. The van der Waals surface area contributed by atoms with Gasteiger partial charge in [-0.15, -0.1) is 0 Å². The van der Waals surface area contributed by atoms with Crippen LogP contribution in [0, 0.1) is 5.92 Å². The van der Waals surface area contributed by atoms with Crippen molar-refractivity contribution < 1.29 is 19.2 Å². The van der Waals surface area contributed by atoms with Crippen molar-refractivity contribution in [2.24, 2.45) is 16.6 Å². The molecule has 1 aromatic carbocycles. The summed E-state index contributed by atoms with van der Waals surface area (Å²) in [5.41, 5.74) is 16.8. The van der Waals surface area contributed by atoms with Crippen molar-refractivity contribution in [1.29, 1.82) is 0 Å². The van der Waals surface area contributed by atoms with Crippen LogP contribution >= 0.6 is 11.6 Å². The molecule has 0 spiro atoms. The number of nitrogen functional groups attached to an aromatic ring is 1. The molecule has 1 aliphatic carbocycles. The molecule has 0 saturated heterocycles. The number of dihydropyridines is 1. The molecule has 2 unspecified atom stereocenters. The lowest BCUT2D eigenvalue weighted by molar-refractivity contribution is -0.106. The normalized spacial score (nSPS) is 17.0. The lowest BCUT2D eigenvalue weighted by Crippen LogP contribution is -2.25. The Morgan fingerprint density at radius 1 is 1.23 bits per heavy atom. The van der Waals surface area contributed by atoms with E-state index >= 15 is 0 Å². The fraction of sp³-hybridized carbons (Fsp3) is 0.286. The maximum absolute atomic E-state index is 12.3. The number of likely N-dealkylation sites (N-methyl/N-ethyl adjacent to an activating group) is 1. The zero-order valence-corrected chi connectivity index (χ0v) is 22.7. The SMILES string of the molecule is COCCONC(=O)c1ccc(-c2ccc(N)c(N(C)CC3=CC4C=CC=NC4C=C3)n2)cc1Cl.NCC=O. The van der Waals surface area contributed by atoms with Gasteiger partial charge in [0.05, 0.1) is 41.2 Å². The molecule has 0 radical (unpaired) electrons. The van der Waals surface area contributed by atoms with E-state index in [4.69, 9.17) is 36.7 Å². The molecule has 1 aromatic heterocycles. The number of carbonyl (C=O) groups is 2. The van der Waals surface area contributed by atoms with Crippen LogP contribution in [0.15, 0.2) is 71.3 Å². The third-order valence-electron chi connectivity index (χ3n) is 5.83. The van der Waals surface area contributed by atoms with E-state index in [1.54, 1.807) is 25.3 Å². The van der Waals surface area contributed by atoms with Gasteiger partial charge in [0.25, 0.3) is 5.91 Å². The maximum Gasteiger partial charge on any atom is 0.276 e. The van der Waals surface area contributed by atoms with Crippen molar-refractivity contribution >= 4 is 41.5 Å². The van der Waals surface area contributed by atoms with E-state index in [9.17, 15) is 4.79 Å². The van der Waals surface area contributed by atoms with Gasteiger partial charge in [0, 0.05) is 44.9 Å². The van der Waals surface area contributed by atoms with Crippen LogP contribution in [-0.2, 0) is 14.4 Å². The summed E-state index contributed by atoms with van der Waals surface area (Å²) in [5, 5.41) is 0.291. The Labute approximate surface area is 233 Å². The fourth-order valence-electron chi connectivity index (χ4n) is 3.93. The number of hydrogen-bond donors (Lipinski definition) is 3. The van der Waals surface area contributed by atoms with Gasteiger partial charge < -0.3 is 25.9 Å². The summed E-state index contributed by atoms with van der Waals surface area (Å²) in [6.45, 7) is 1.40. The quantitative estimate of drug-likeness (QED) is 0.232. The first kappa shape index (κ1) is 29.7. The van der Waals surface area contributed by atoms with Gasteiger partial charge in [-0.05, 0) is 35.9 Å². The lowest BCUT2D eigenvalue weighted by Gasteiger charge is -2.26. The summed E-state index contributed by atoms with van der Waals surface area (Å²) in [6.07, 6.45) is 13.1. The van der Waals surface area contributed by atoms with Crippen LogP contribution < -0.4 is 21.8 Å². The number of aromatic nitrogens is 1. The second-order valence-electron chi connectivity index (χ2n) is 8.69. The number of halogens is 1. The van der Waals surface area contributed by atoms with E-state index < -0.39 is 5.91 Å². The second kappa shape index (κ2) is 14.9. The number of fused-ring (bicyclic) bond motifs is 1. The topological polar surface area (TPSA) is 145 Å². The largest absolute Gasteiger partial charge is 0.396 e. The predicted octanol–water partition coefficient (Wildman–Crippen LogP) is 2.99. The van der Waals surface area contributed by atoms with Gasteiger partial charge in [-0.3, -0.25) is 14.6 Å². The Morgan fingerprint density at radius 3 is 2.74 bits per heavy atom. The van der Waals surface area contributed by atoms with Crippen LogP contribution in [0.3, 0.4) is 0 Å². The van der Waals surface area contributed by atoms with Crippen LogP contribution in [0.2, 0.25) is 5.02 Å². The van der Waals surface area contributed by atoms with E-state index in [1.807, 2.05) is 36.4 Å². The number of carbonyl (C=O) groups excluding carboxylic acids is 2. The summed E-state index contributed by atoms with van der Waals surface area (Å²) in [4.78, 5) is 37.7. The number of anilines is 2. The number of rotatable bonds is 10. The molecular formula is C28H33ClN6O4. The highest BCUT2D eigenvalue weighted by Gasteiger charge is 2.20. The number of nitrogens with one attached hydrogen (secondary N) is 1. The number of amides is 1. The molecule has 206 valence electrons. The van der Waals surface area contributed by atoms with Crippen molar-refractivity contribution in [1.82, 2.24) is 10.5 Å². The van der Waals surface area contributed by atoms with Crippen LogP contribution in [0.1, 0.15) is 10.4 Å². The van der Waals surface area contributed by atoms with E-state index in [0.29, 0.717) is 47.2 Å². The van der Waals surface area contributed by atoms with Gasteiger partial charge in [-0.25, -0.2) is 10.5 Å². The minimum atomic E-state index is -0.433. The molecule has 2 aliphatic rings.